The molecule has 2 rings (SSSR count). The Labute approximate surface area is 111 Å². The van der Waals surface area contributed by atoms with Crippen molar-refractivity contribution in [2.45, 2.75) is 25.9 Å². The van der Waals surface area contributed by atoms with E-state index in [0.717, 1.165) is 23.9 Å². The molecule has 2 heterocycles. The number of aryl methyl sites for hydroxylation is 2. The van der Waals surface area contributed by atoms with E-state index in [1.807, 2.05) is 24.0 Å². The number of hydrogen-bond donors (Lipinski definition) is 1. The monoisotopic (exact) mass is 266 g/mol. The van der Waals surface area contributed by atoms with Crippen LogP contribution in [0.25, 0.3) is 0 Å². The van der Waals surface area contributed by atoms with E-state index in [9.17, 15) is 0 Å². The molecule has 98 valence electrons. The van der Waals surface area contributed by atoms with E-state index >= 15 is 0 Å². The minimum atomic E-state index is 0.246. The number of imidazole rings is 1. The molecule has 6 heteroatoms. The summed E-state index contributed by atoms with van der Waals surface area (Å²) in [5.41, 5.74) is 0. The summed E-state index contributed by atoms with van der Waals surface area (Å²) in [6, 6.07) is 0.246. The predicted octanol–water partition coefficient (Wildman–Crippen LogP) is 2.03. The molecule has 5 nitrogen and oxygen atoms in total. The quantitative estimate of drug-likeness (QED) is 0.833. The third-order valence-corrected chi connectivity index (χ3v) is 3.40. The molecule has 0 aliphatic heterocycles. The highest BCUT2D eigenvalue weighted by molar-refractivity contribution is 7.09. The molecule has 18 heavy (non-hydrogen) atoms. The zero-order chi connectivity index (χ0) is 12.8. The average Bonchev–Trinajstić information content (AvgIpc) is 2.97. The number of anilines is 1. The van der Waals surface area contributed by atoms with Gasteiger partial charge in [-0.3, -0.25) is 0 Å². The van der Waals surface area contributed by atoms with Crippen LogP contribution >= 0.6 is 11.3 Å². The second kappa shape index (κ2) is 6.51. The number of thiazole rings is 1. The molecule has 0 amide bonds. The van der Waals surface area contributed by atoms with Crippen molar-refractivity contribution >= 4 is 17.3 Å². The van der Waals surface area contributed by atoms with Gasteiger partial charge in [-0.25, -0.2) is 9.97 Å². The van der Waals surface area contributed by atoms with Crippen molar-refractivity contribution in [1.82, 2.24) is 14.5 Å². The molecule has 0 fully saturated rings. The summed E-state index contributed by atoms with van der Waals surface area (Å²) < 4.78 is 7.21. The van der Waals surface area contributed by atoms with Crippen LogP contribution in [0.15, 0.2) is 24.0 Å². The van der Waals surface area contributed by atoms with Gasteiger partial charge < -0.3 is 14.6 Å². The topological polar surface area (TPSA) is 52.0 Å². The highest BCUT2D eigenvalue weighted by atomic mass is 32.1. The Morgan fingerprint density at radius 1 is 1.44 bits per heavy atom. The van der Waals surface area contributed by atoms with Crippen molar-refractivity contribution in [3.8, 4) is 0 Å². The van der Waals surface area contributed by atoms with Gasteiger partial charge in [0.2, 0.25) is 5.95 Å². The molecule has 2 aromatic rings. The van der Waals surface area contributed by atoms with Gasteiger partial charge in [0.15, 0.2) is 0 Å². The van der Waals surface area contributed by atoms with E-state index in [2.05, 4.69) is 26.8 Å². The third kappa shape index (κ3) is 3.54. The Morgan fingerprint density at radius 2 is 2.33 bits per heavy atom. The largest absolute Gasteiger partial charge is 0.383 e. The molecule has 0 aliphatic carbocycles. The summed E-state index contributed by atoms with van der Waals surface area (Å²) in [5, 5.41) is 6.49. The fourth-order valence-corrected chi connectivity index (χ4v) is 2.34. The van der Waals surface area contributed by atoms with Gasteiger partial charge in [-0.05, 0) is 6.92 Å². The van der Waals surface area contributed by atoms with Crippen LogP contribution in [0.2, 0.25) is 0 Å². The maximum absolute atomic E-state index is 5.10. The Kier molecular flexibility index (Phi) is 4.72. The molecule has 0 saturated heterocycles. The van der Waals surface area contributed by atoms with Gasteiger partial charge in [-0.1, -0.05) is 0 Å². The van der Waals surface area contributed by atoms with E-state index in [0.29, 0.717) is 6.61 Å². The summed E-state index contributed by atoms with van der Waals surface area (Å²) >= 11 is 1.69. The van der Waals surface area contributed by atoms with Crippen molar-refractivity contribution in [1.29, 1.82) is 0 Å². The standard InChI is InChI=1S/C12H18N4OS/c1-10(9-17-2)15-12-14-4-7-16(12)6-3-11-13-5-8-18-11/h4-5,7-8,10H,3,6,9H2,1-2H3,(H,14,15). The number of ether oxygens (including phenoxy) is 1. The van der Waals surface area contributed by atoms with Crippen LogP contribution in [0.3, 0.4) is 0 Å². The van der Waals surface area contributed by atoms with Crippen LogP contribution in [0.1, 0.15) is 11.9 Å². The van der Waals surface area contributed by atoms with Gasteiger partial charge >= 0.3 is 0 Å². The summed E-state index contributed by atoms with van der Waals surface area (Å²) in [5.74, 6) is 0.885. The first-order chi connectivity index (χ1) is 8.79. The fraction of sp³-hybridized carbons (Fsp3) is 0.500. The molecule has 0 aliphatic rings. The number of nitrogens with zero attached hydrogens (tertiary/aromatic N) is 3. The van der Waals surface area contributed by atoms with Gasteiger partial charge in [-0.2, -0.15) is 0 Å². The van der Waals surface area contributed by atoms with Crippen LogP contribution in [0.5, 0.6) is 0 Å². The van der Waals surface area contributed by atoms with Crippen molar-refractivity contribution in [3.63, 3.8) is 0 Å². The Morgan fingerprint density at radius 3 is 3.06 bits per heavy atom. The number of nitrogens with one attached hydrogen (secondary N) is 1. The Hall–Kier alpha value is -1.40. The lowest BCUT2D eigenvalue weighted by Crippen LogP contribution is -2.23. The molecule has 0 radical (unpaired) electrons. The Bertz CT molecular complexity index is 454. The number of hydrogen-bond acceptors (Lipinski definition) is 5. The minimum absolute atomic E-state index is 0.246. The number of aromatic nitrogens is 3. The highest BCUT2D eigenvalue weighted by Crippen LogP contribution is 2.10. The van der Waals surface area contributed by atoms with Crippen LogP contribution in [0.4, 0.5) is 5.95 Å². The molecular weight excluding hydrogens is 248 g/mol. The van der Waals surface area contributed by atoms with E-state index < -0.39 is 0 Å². The SMILES string of the molecule is COCC(C)Nc1nccn1CCc1nccs1. The van der Waals surface area contributed by atoms with Crippen LogP contribution in [-0.4, -0.2) is 34.3 Å². The lowest BCUT2D eigenvalue weighted by Gasteiger charge is -2.14. The molecule has 0 bridgehead atoms. The molecule has 0 aromatic carbocycles. The van der Waals surface area contributed by atoms with Crippen LogP contribution < -0.4 is 5.32 Å². The molecule has 0 saturated carbocycles. The average molecular weight is 266 g/mol. The van der Waals surface area contributed by atoms with Crippen molar-refractivity contribution in [2.75, 3.05) is 19.0 Å². The van der Waals surface area contributed by atoms with E-state index in [-0.39, 0.29) is 6.04 Å². The molecule has 1 atom stereocenters. The first-order valence-electron chi connectivity index (χ1n) is 5.94. The maximum Gasteiger partial charge on any atom is 0.203 e. The summed E-state index contributed by atoms with van der Waals surface area (Å²) in [6.07, 6.45) is 6.56. The maximum atomic E-state index is 5.10. The Balaban J connectivity index is 1.91. The van der Waals surface area contributed by atoms with E-state index in [1.165, 1.54) is 0 Å². The van der Waals surface area contributed by atoms with E-state index in [4.69, 9.17) is 4.74 Å². The van der Waals surface area contributed by atoms with Gasteiger partial charge in [0.1, 0.15) is 0 Å². The summed E-state index contributed by atoms with van der Waals surface area (Å²) in [6.45, 7) is 3.62. The van der Waals surface area contributed by atoms with Crippen molar-refractivity contribution < 1.29 is 4.74 Å². The number of methoxy groups -OCH3 is 1. The fourth-order valence-electron chi connectivity index (χ4n) is 1.73. The third-order valence-electron chi connectivity index (χ3n) is 2.56. The molecular formula is C12H18N4OS. The van der Waals surface area contributed by atoms with Gasteiger partial charge in [0.05, 0.1) is 11.6 Å². The molecule has 1 unspecified atom stereocenters. The molecule has 1 N–H and O–H groups in total. The zero-order valence-corrected chi connectivity index (χ0v) is 11.5. The highest BCUT2D eigenvalue weighted by Gasteiger charge is 2.07. The summed E-state index contributed by atoms with van der Waals surface area (Å²) in [4.78, 5) is 8.60. The van der Waals surface area contributed by atoms with Gasteiger partial charge in [-0.15, -0.1) is 11.3 Å². The minimum Gasteiger partial charge on any atom is -0.383 e. The van der Waals surface area contributed by atoms with Crippen LogP contribution in [-0.2, 0) is 17.7 Å². The van der Waals surface area contributed by atoms with Gasteiger partial charge in [0.25, 0.3) is 0 Å². The van der Waals surface area contributed by atoms with Gasteiger partial charge in [0, 0.05) is 50.1 Å². The lowest BCUT2D eigenvalue weighted by molar-refractivity contribution is 0.190. The normalized spacial score (nSPS) is 12.6. The smallest absolute Gasteiger partial charge is 0.203 e. The number of rotatable bonds is 7. The summed E-state index contributed by atoms with van der Waals surface area (Å²) in [7, 11) is 1.70. The second-order valence-corrected chi connectivity index (χ2v) is 5.10. The second-order valence-electron chi connectivity index (χ2n) is 4.12. The zero-order valence-electron chi connectivity index (χ0n) is 10.7. The predicted molar refractivity (Wildman–Crippen MR) is 73.0 cm³/mol. The first-order valence-corrected chi connectivity index (χ1v) is 6.82. The van der Waals surface area contributed by atoms with Crippen molar-refractivity contribution in [3.05, 3.63) is 29.0 Å². The van der Waals surface area contributed by atoms with Crippen molar-refractivity contribution in [2.24, 2.45) is 0 Å². The van der Waals surface area contributed by atoms with E-state index in [1.54, 1.807) is 18.4 Å². The van der Waals surface area contributed by atoms with Crippen LogP contribution in [0, 0.1) is 0 Å². The molecule has 2 aromatic heterocycles. The molecule has 0 spiro atoms. The first kappa shape index (κ1) is 13.0. The lowest BCUT2D eigenvalue weighted by atomic mass is 10.4.